The van der Waals surface area contributed by atoms with Crippen molar-refractivity contribution < 1.29 is 9.15 Å². The van der Waals surface area contributed by atoms with Crippen LogP contribution in [0.4, 0.5) is 0 Å². The van der Waals surface area contributed by atoms with Crippen molar-refractivity contribution in [2.75, 3.05) is 7.11 Å². The highest BCUT2D eigenvalue weighted by Gasteiger charge is 2.12. The molecule has 0 saturated heterocycles. The lowest BCUT2D eigenvalue weighted by atomic mass is 10.3. The second-order valence-electron chi connectivity index (χ2n) is 2.65. The van der Waals surface area contributed by atoms with Crippen LogP contribution >= 0.6 is 0 Å². The molecule has 0 amide bonds. The highest BCUT2D eigenvalue weighted by atomic mass is 16.5. The quantitative estimate of drug-likeness (QED) is 0.552. The van der Waals surface area contributed by atoms with Crippen LogP contribution in [0.2, 0.25) is 0 Å². The Morgan fingerprint density at radius 3 is 3.00 bits per heavy atom. The van der Waals surface area contributed by atoms with E-state index in [0.717, 1.165) is 5.01 Å². The van der Waals surface area contributed by atoms with Gasteiger partial charge in [0.15, 0.2) is 6.54 Å². The molecule has 0 unspecified atom stereocenters. The smallest absolute Gasteiger partial charge is 0.310 e. The first-order valence-electron chi connectivity index (χ1n) is 4.11. The predicted molar refractivity (Wildman–Crippen MR) is 52.4 cm³/mol. The van der Waals surface area contributed by atoms with E-state index in [1.54, 1.807) is 0 Å². The average Bonchev–Trinajstić information content (AvgIpc) is 2.26. The first-order valence-corrected chi connectivity index (χ1v) is 4.11. The van der Waals surface area contributed by atoms with E-state index < -0.39 is 0 Å². The van der Waals surface area contributed by atoms with Crippen LogP contribution in [0.5, 0.6) is 5.75 Å². The fraction of sp³-hybridized carbons (Fsp3) is 0.222. The molecule has 0 aliphatic carbocycles. The van der Waals surface area contributed by atoms with Gasteiger partial charge in [-0.15, -0.1) is 0 Å². The van der Waals surface area contributed by atoms with Crippen LogP contribution in [0.1, 0.15) is 5.76 Å². The summed E-state index contributed by atoms with van der Waals surface area (Å²) in [6.45, 7) is 3.54. The fourth-order valence-corrected chi connectivity index (χ4v) is 0.963. The fourth-order valence-electron chi connectivity index (χ4n) is 0.963. The minimum Gasteiger partial charge on any atom is -0.490 e. The van der Waals surface area contributed by atoms with E-state index in [4.69, 9.17) is 14.5 Å². The minimum absolute atomic E-state index is 0.124. The normalized spacial score (nSPS) is 9.07. The van der Waals surface area contributed by atoms with Crippen LogP contribution in [-0.2, 0) is 6.54 Å². The molecule has 0 atom stereocenters. The molecule has 0 aliphatic rings. The van der Waals surface area contributed by atoms with Crippen molar-refractivity contribution in [3.05, 3.63) is 46.2 Å². The molecule has 0 N–H and O–H groups in total. The van der Waals surface area contributed by atoms with Gasteiger partial charge in [0.25, 0.3) is 5.39 Å². The maximum absolute atomic E-state index is 11.3. The Hall–Kier alpha value is -2.29. The summed E-state index contributed by atoms with van der Waals surface area (Å²) < 4.78 is 9.82. The molecule has 1 aromatic rings. The molecule has 0 radical (unpaired) electrons. The molecule has 0 saturated carbocycles. The molecular weight excluding hydrogens is 198 g/mol. The van der Waals surface area contributed by atoms with Gasteiger partial charge in [-0.25, -0.2) is 0 Å². The van der Waals surface area contributed by atoms with Gasteiger partial charge < -0.3 is 9.15 Å². The summed E-state index contributed by atoms with van der Waals surface area (Å²) in [5, 5.41) is 12.5. The Balaban J connectivity index is 2.89. The molecule has 6 heteroatoms. The van der Waals surface area contributed by atoms with Gasteiger partial charge in [0.1, 0.15) is 12.0 Å². The van der Waals surface area contributed by atoms with Crippen molar-refractivity contribution in [2.45, 2.75) is 6.54 Å². The number of nitrogens with zero attached hydrogens (tertiary/aromatic N) is 3. The van der Waals surface area contributed by atoms with Crippen molar-refractivity contribution in [2.24, 2.45) is 0 Å². The number of rotatable bonds is 4. The molecule has 0 spiro atoms. The number of ether oxygens (including phenoxy) is 1. The Bertz CT molecular complexity index is 447. The monoisotopic (exact) mass is 208 g/mol. The molecule has 0 aliphatic heterocycles. The highest BCUT2D eigenvalue weighted by Crippen LogP contribution is 2.07. The second-order valence-corrected chi connectivity index (χ2v) is 2.65. The van der Waals surface area contributed by atoms with E-state index in [0.29, 0.717) is 5.76 Å². The number of methoxy groups -OCH3 is 1. The maximum atomic E-state index is 11.3. The van der Waals surface area contributed by atoms with Crippen molar-refractivity contribution >= 4 is 0 Å². The van der Waals surface area contributed by atoms with Crippen LogP contribution in [-0.4, -0.2) is 12.1 Å². The van der Waals surface area contributed by atoms with E-state index in [1.165, 1.54) is 25.6 Å². The standard InChI is InChI=1S/C9H10N3O3/c1-3-12(11-10)5-7-4-8(13)9(14-2)6-15-7/h3-4,6H,1,5H2,2H3/q+1. The van der Waals surface area contributed by atoms with Gasteiger partial charge in [0, 0.05) is 6.07 Å². The summed E-state index contributed by atoms with van der Waals surface area (Å²) in [7, 11) is 1.38. The van der Waals surface area contributed by atoms with E-state index in [-0.39, 0.29) is 17.7 Å². The first kappa shape index (κ1) is 10.8. The van der Waals surface area contributed by atoms with Gasteiger partial charge in [0.05, 0.1) is 13.3 Å². The summed E-state index contributed by atoms with van der Waals surface area (Å²) in [4.78, 5) is 11.3. The molecule has 1 heterocycles. The third kappa shape index (κ3) is 2.57. The number of diazo groups is 1. The van der Waals surface area contributed by atoms with E-state index in [9.17, 15) is 4.79 Å². The molecule has 1 aromatic heterocycles. The minimum atomic E-state index is -0.291. The molecule has 15 heavy (non-hydrogen) atoms. The van der Waals surface area contributed by atoms with E-state index in [1.807, 2.05) is 0 Å². The Labute approximate surface area is 86.0 Å². The topological polar surface area (TPSA) is 70.8 Å². The first-order chi connectivity index (χ1) is 7.21. The summed E-state index contributed by atoms with van der Waals surface area (Å²) in [6.07, 6.45) is 2.50. The number of hydrogen-bond acceptors (Lipinski definition) is 5. The molecule has 0 fully saturated rings. The molecular formula is C9H10N3O3+. The van der Waals surface area contributed by atoms with Crippen LogP contribution < -0.4 is 10.2 Å². The maximum Gasteiger partial charge on any atom is 0.310 e. The largest absolute Gasteiger partial charge is 0.490 e. The van der Waals surface area contributed by atoms with Gasteiger partial charge >= 0.3 is 5.08 Å². The van der Waals surface area contributed by atoms with Crippen molar-refractivity contribution in [3.8, 4) is 5.75 Å². The second kappa shape index (κ2) is 4.81. The lowest BCUT2D eigenvalue weighted by molar-refractivity contribution is 0.356. The SMILES string of the molecule is C=CN(Cc1cc(=O)c(OC)co1)[N+]#N. The van der Waals surface area contributed by atoms with E-state index in [2.05, 4.69) is 11.7 Å². The number of hydrogen-bond donors (Lipinski definition) is 0. The Morgan fingerprint density at radius 2 is 2.53 bits per heavy atom. The summed E-state index contributed by atoms with van der Waals surface area (Å²) in [6, 6.07) is 1.26. The lowest BCUT2D eigenvalue weighted by Gasteiger charge is -2.00. The molecule has 0 bridgehead atoms. The molecule has 0 aromatic carbocycles. The highest BCUT2D eigenvalue weighted by molar-refractivity contribution is 5.17. The molecule has 6 nitrogen and oxygen atoms in total. The zero-order chi connectivity index (χ0) is 11.3. The van der Waals surface area contributed by atoms with Crippen LogP contribution in [0, 0.1) is 5.39 Å². The van der Waals surface area contributed by atoms with E-state index >= 15 is 0 Å². The predicted octanol–water partition coefficient (Wildman–Crippen LogP) is 1.36. The van der Waals surface area contributed by atoms with Gasteiger partial charge in [-0.2, -0.15) is 0 Å². The van der Waals surface area contributed by atoms with Gasteiger partial charge in [0.2, 0.25) is 11.2 Å². The molecule has 1 rings (SSSR count). The molecule has 78 valence electrons. The third-order valence-corrected chi connectivity index (χ3v) is 1.72. The van der Waals surface area contributed by atoms with Gasteiger partial charge in [-0.05, 0) is 5.01 Å². The van der Waals surface area contributed by atoms with Crippen LogP contribution in [0.25, 0.3) is 5.08 Å². The van der Waals surface area contributed by atoms with Gasteiger partial charge in [-0.1, -0.05) is 6.58 Å². The zero-order valence-corrected chi connectivity index (χ0v) is 8.21. The summed E-state index contributed by atoms with van der Waals surface area (Å²) >= 11 is 0. The average molecular weight is 208 g/mol. The van der Waals surface area contributed by atoms with Crippen LogP contribution in [0.15, 0.2) is 34.3 Å². The van der Waals surface area contributed by atoms with Crippen LogP contribution in [0.3, 0.4) is 0 Å². The van der Waals surface area contributed by atoms with Crippen molar-refractivity contribution in [1.82, 2.24) is 5.01 Å². The summed E-state index contributed by atoms with van der Waals surface area (Å²) in [5.74, 6) is 0.475. The Morgan fingerprint density at radius 1 is 1.80 bits per heavy atom. The lowest BCUT2D eigenvalue weighted by Crippen LogP contribution is -2.10. The third-order valence-electron chi connectivity index (χ3n) is 1.72. The van der Waals surface area contributed by atoms with Crippen molar-refractivity contribution in [3.63, 3.8) is 0 Å². The van der Waals surface area contributed by atoms with Crippen molar-refractivity contribution in [1.29, 1.82) is 5.39 Å². The van der Waals surface area contributed by atoms with Gasteiger partial charge in [-0.3, -0.25) is 4.79 Å². The Kier molecular flexibility index (Phi) is 3.46. The zero-order valence-electron chi connectivity index (χ0n) is 8.21. The summed E-state index contributed by atoms with van der Waals surface area (Å²) in [5.41, 5.74) is -0.291.